The third-order valence-corrected chi connectivity index (χ3v) is 3.13. The topological polar surface area (TPSA) is 21.6 Å². The molecular formula is C13H23NO. The summed E-state index contributed by atoms with van der Waals surface area (Å²) in [5.41, 5.74) is 1.37. The maximum absolute atomic E-state index is 5.39. The standard InChI is InChI=1S/C13H23NO/c1-4-8-14-13(11(3)5-2)12-6-9-15-10-7-12/h4,8,11-12H,5-7,9-10H2,1-3H3/b8-4-,14-13?. The minimum atomic E-state index is 0.601. The van der Waals surface area contributed by atoms with Gasteiger partial charge in [0, 0.05) is 31.0 Å². The van der Waals surface area contributed by atoms with Gasteiger partial charge in [0.25, 0.3) is 0 Å². The molecule has 0 aromatic rings. The van der Waals surface area contributed by atoms with Gasteiger partial charge in [0.2, 0.25) is 0 Å². The van der Waals surface area contributed by atoms with E-state index < -0.39 is 0 Å². The summed E-state index contributed by atoms with van der Waals surface area (Å²) in [6, 6.07) is 0. The molecule has 1 rings (SSSR count). The summed E-state index contributed by atoms with van der Waals surface area (Å²) >= 11 is 0. The summed E-state index contributed by atoms with van der Waals surface area (Å²) < 4.78 is 5.39. The number of nitrogens with zero attached hydrogens (tertiary/aromatic N) is 1. The molecular weight excluding hydrogens is 186 g/mol. The maximum Gasteiger partial charge on any atom is 0.0472 e. The number of hydrogen-bond donors (Lipinski definition) is 0. The number of allylic oxidation sites excluding steroid dienone is 1. The van der Waals surface area contributed by atoms with E-state index in [4.69, 9.17) is 4.74 Å². The molecule has 1 heterocycles. The molecule has 0 aromatic heterocycles. The van der Waals surface area contributed by atoms with E-state index in [1.807, 2.05) is 19.2 Å². The highest BCUT2D eigenvalue weighted by molar-refractivity contribution is 5.89. The SMILES string of the molecule is C/C=C\N=C(C(C)CC)C1CCOCC1. The number of ether oxygens (including phenoxy) is 1. The molecule has 2 nitrogen and oxygen atoms in total. The number of aliphatic imine (C=N–C) groups is 1. The Morgan fingerprint density at radius 1 is 1.47 bits per heavy atom. The predicted octanol–water partition coefficient (Wildman–Crippen LogP) is 3.43. The zero-order valence-corrected chi connectivity index (χ0v) is 10.2. The van der Waals surface area contributed by atoms with Crippen LogP contribution in [0.25, 0.3) is 0 Å². The van der Waals surface area contributed by atoms with Crippen molar-refractivity contribution in [2.24, 2.45) is 16.8 Å². The normalized spacial score (nSPS) is 22.2. The zero-order valence-electron chi connectivity index (χ0n) is 10.2. The second-order valence-corrected chi connectivity index (χ2v) is 4.23. The second kappa shape index (κ2) is 6.78. The van der Waals surface area contributed by atoms with E-state index in [1.54, 1.807) is 0 Å². The Morgan fingerprint density at radius 3 is 2.67 bits per heavy atom. The molecule has 0 bridgehead atoms. The number of hydrogen-bond acceptors (Lipinski definition) is 2. The fourth-order valence-corrected chi connectivity index (χ4v) is 2.00. The molecule has 15 heavy (non-hydrogen) atoms. The minimum absolute atomic E-state index is 0.601. The lowest BCUT2D eigenvalue weighted by Gasteiger charge is -2.26. The van der Waals surface area contributed by atoms with Crippen LogP contribution in [0, 0.1) is 11.8 Å². The van der Waals surface area contributed by atoms with Crippen molar-refractivity contribution in [3.05, 3.63) is 12.3 Å². The molecule has 2 heteroatoms. The molecule has 1 aliphatic rings. The molecule has 0 aliphatic carbocycles. The summed E-state index contributed by atoms with van der Waals surface area (Å²) in [4.78, 5) is 4.62. The van der Waals surface area contributed by atoms with Crippen LogP contribution in [0.3, 0.4) is 0 Å². The van der Waals surface area contributed by atoms with Crippen molar-refractivity contribution in [1.82, 2.24) is 0 Å². The van der Waals surface area contributed by atoms with Gasteiger partial charge in [-0.05, 0) is 32.1 Å². The molecule has 0 radical (unpaired) electrons. The van der Waals surface area contributed by atoms with Crippen molar-refractivity contribution in [2.75, 3.05) is 13.2 Å². The van der Waals surface area contributed by atoms with Crippen LogP contribution in [-0.2, 0) is 4.74 Å². The Hall–Kier alpha value is -0.630. The quantitative estimate of drug-likeness (QED) is 0.650. The molecule has 0 saturated carbocycles. The minimum Gasteiger partial charge on any atom is -0.381 e. The summed E-state index contributed by atoms with van der Waals surface area (Å²) in [6.45, 7) is 8.32. The highest BCUT2D eigenvalue weighted by Crippen LogP contribution is 2.22. The van der Waals surface area contributed by atoms with Crippen molar-refractivity contribution < 1.29 is 4.74 Å². The Morgan fingerprint density at radius 2 is 2.13 bits per heavy atom. The molecule has 0 N–H and O–H groups in total. The molecule has 1 aliphatic heterocycles. The lowest BCUT2D eigenvalue weighted by Crippen LogP contribution is -2.27. The largest absolute Gasteiger partial charge is 0.381 e. The molecule has 0 aromatic carbocycles. The summed E-state index contributed by atoms with van der Waals surface area (Å²) in [6.07, 6.45) is 7.38. The third kappa shape index (κ3) is 3.78. The first-order chi connectivity index (χ1) is 7.29. The highest BCUT2D eigenvalue weighted by atomic mass is 16.5. The van der Waals surface area contributed by atoms with Crippen LogP contribution in [0.2, 0.25) is 0 Å². The molecule has 1 fully saturated rings. The van der Waals surface area contributed by atoms with Crippen LogP contribution >= 0.6 is 0 Å². The van der Waals surface area contributed by atoms with E-state index in [2.05, 4.69) is 18.8 Å². The average Bonchev–Trinajstić information content (AvgIpc) is 2.30. The van der Waals surface area contributed by atoms with Crippen LogP contribution in [0.15, 0.2) is 17.3 Å². The van der Waals surface area contributed by atoms with Gasteiger partial charge >= 0.3 is 0 Å². The smallest absolute Gasteiger partial charge is 0.0472 e. The van der Waals surface area contributed by atoms with Gasteiger partial charge in [-0.3, -0.25) is 4.99 Å². The van der Waals surface area contributed by atoms with Crippen LogP contribution in [0.4, 0.5) is 0 Å². The van der Waals surface area contributed by atoms with E-state index in [-0.39, 0.29) is 0 Å². The van der Waals surface area contributed by atoms with Gasteiger partial charge in [-0.25, -0.2) is 0 Å². The maximum atomic E-state index is 5.39. The van der Waals surface area contributed by atoms with Crippen molar-refractivity contribution in [3.8, 4) is 0 Å². The fraction of sp³-hybridized carbons (Fsp3) is 0.769. The molecule has 0 amide bonds. The molecule has 86 valence electrons. The molecule has 1 unspecified atom stereocenters. The van der Waals surface area contributed by atoms with Crippen molar-refractivity contribution in [1.29, 1.82) is 0 Å². The monoisotopic (exact) mass is 209 g/mol. The van der Waals surface area contributed by atoms with E-state index in [0.717, 1.165) is 26.1 Å². The summed E-state index contributed by atoms with van der Waals surface area (Å²) in [5, 5.41) is 0. The predicted molar refractivity (Wildman–Crippen MR) is 65.2 cm³/mol. The Kier molecular flexibility index (Phi) is 5.62. The molecule has 1 atom stereocenters. The molecule has 0 spiro atoms. The van der Waals surface area contributed by atoms with Crippen molar-refractivity contribution in [3.63, 3.8) is 0 Å². The van der Waals surface area contributed by atoms with Gasteiger partial charge in [0.15, 0.2) is 0 Å². The van der Waals surface area contributed by atoms with Crippen molar-refractivity contribution in [2.45, 2.75) is 40.0 Å². The average molecular weight is 209 g/mol. The lowest BCUT2D eigenvalue weighted by atomic mass is 9.86. The van der Waals surface area contributed by atoms with Crippen LogP contribution in [-0.4, -0.2) is 18.9 Å². The lowest BCUT2D eigenvalue weighted by molar-refractivity contribution is 0.0818. The first-order valence-corrected chi connectivity index (χ1v) is 6.06. The Labute approximate surface area is 93.4 Å². The van der Waals surface area contributed by atoms with Gasteiger partial charge < -0.3 is 4.74 Å². The van der Waals surface area contributed by atoms with E-state index in [9.17, 15) is 0 Å². The second-order valence-electron chi connectivity index (χ2n) is 4.23. The summed E-state index contributed by atoms with van der Waals surface area (Å²) in [5.74, 6) is 1.24. The molecule has 1 saturated heterocycles. The van der Waals surface area contributed by atoms with E-state index >= 15 is 0 Å². The van der Waals surface area contributed by atoms with Gasteiger partial charge in [0.05, 0.1) is 0 Å². The van der Waals surface area contributed by atoms with E-state index in [1.165, 1.54) is 12.1 Å². The van der Waals surface area contributed by atoms with Crippen molar-refractivity contribution >= 4 is 5.71 Å². The third-order valence-electron chi connectivity index (χ3n) is 3.13. The van der Waals surface area contributed by atoms with Crippen LogP contribution in [0.1, 0.15) is 40.0 Å². The highest BCUT2D eigenvalue weighted by Gasteiger charge is 2.22. The van der Waals surface area contributed by atoms with Crippen LogP contribution < -0.4 is 0 Å². The Bertz CT molecular complexity index is 227. The first-order valence-electron chi connectivity index (χ1n) is 6.06. The van der Waals surface area contributed by atoms with Gasteiger partial charge in [-0.15, -0.1) is 0 Å². The van der Waals surface area contributed by atoms with Crippen LogP contribution in [0.5, 0.6) is 0 Å². The van der Waals surface area contributed by atoms with Gasteiger partial charge in [0.1, 0.15) is 0 Å². The zero-order chi connectivity index (χ0) is 11.1. The number of rotatable bonds is 4. The van der Waals surface area contributed by atoms with E-state index in [0.29, 0.717) is 11.8 Å². The Balaban J connectivity index is 2.69. The van der Waals surface area contributed by atoms with Gasteiger partial charge in [-0.2, -0.15) is 0 Å². The summed E-state index contributed by atoms with van der Waals surface area (Å²) in [7, 11) is 0. The fourth-order valence-electron chi connectivity index (χ4n) is 2.00. The van der Waals surface area contributed by atoms with Gasteiger partial charge in [-0.1, -0.05) is 19.9 Å². The first kappa shape index (κ1) is 12.4.